The first-order valence-corrected chi connectivity index (χ1v) is 14.7. The van der Waals surface area contributed by atoms with E-state index in [2.05, 4.69) is 24.9 Å². The van der Waals surface area contributed by atoms with Crippen molar-refractivity contribution in [3.8, 4) is 0 Å². The minimum absolute atomic E-state index is 0.0968. The molecule has 0 saturated carbocycles. The maximum absolute atomic E-state index is 13.1. The van der Waals surface area contributed by atoms with Crippen molar-refractivity contribution in [2.45, 2.75) is 19.3 Å². The molecular formula is C21H21ClN6O3S3. The minimum Gasteiger partial charge on any atom is -0.339 e. The third kappa shape index (κ3) is 4.01. The van der Waals surface area contributed by atoms with Crippen LogP contribution in [0.5, 0.6) is 0 Å². The molecule has 0 unspecified atom stereocenters. The van der Waals surface area contributed by atoms with E-state index in [0.29, 0.717) is 30.4 Å². The number of halogens is 1. The van der Waals surface area contributed by atoms with Gasteiger partial charge in [0.25, 0.3) is 0 Å². The van der Waals surface area contributed by atoms with E-state index in [4.69, 9.17) is 11.6 Å². The summed E-state index contributed by atoms with van der Waals surface area (Å²) in [6.45, 7) is 0.827. The fourth-order valence-electron chi connectivity index (χ4n) is 4.65. The molecule has 1 aliphatic heterocycles. The highest BCUT2D eigenvalue weighted by atomic mass is 35.5. The van der Waals surface area contributed by atoms with Gasteiger partial charge in [0, 0.05) is 23.9 Å². The second-order valence-corrected chi connectivity index (χ2v) is 13.3. The Balaban J connectivity index is 1.27. The van der Waals surface area contributed by atoms with Crippen LogP contribution in [0.3, 0.4) is 0 Å². The van der Waals surface area contributed by atoms with Gasteiger partial charge in [0.2, 0.25) is 5.91 Å². The van der Waals surface area contributed by atoms with Gasteiger partial charge in [-0.05, 0) is 48.5 Å². The lowest BCUT2D eigenvalue weighted by Crippen LogP contribution is -2.45. The number of fused-ring (bicyclic) bond motifs is 4. The Bertz CT molecular complexity index is 1410. The molecule has 1 saturated heterocycles. The zero-order valence-corrected chi connectivity index (χ0v) is 21.1. The summed E-state index contributed by atoms with van der Waals surface area (Å²) < 4.78 is 24.6. The maximum Gasteiger partial charge on any atom is 0.226 e. The van der Waals surface area contributed by atoms with Crippen LogP contribution in [0.2, 0.25) is 5.02 Å². The molecule has 3 aromatic heterocycles. The van der Waals surface area contributed by atoms with Crippen LogP contribution >= 0.6 is 45.1 Å². The number of rotatable bonds is 3. The van der Waals surface area contributed by atoms with E-state index >= 15 is 0 Å². The number of aryl methyl sites for hydroxylation is 1. The number of amides is 1. The number of carbonyl (C=O) groups is 1. The molecule has 13 heteroatoms. The molecule has 0 radical (unpaired) electrons. The molecular weight excluding hydrogens is 516 g/mol. The predicted octanol–water partition coefficient (Wildman–Crippen LogP) is 4.79. The van der Waals surface area contributed by atoms with E-state index in [1.165, 1.54) is 17.1 Å². The standard InChI is InChI=1S/C21H21ClN6O3S3/c22-13-8-15-17(33-27-26-15)9-14(13)25-19-18-12-2-1-11(7-16(12)32-20(18)24-10-23-19)21(29)28-3-5-34(30,31)6-4-28/h8-11,30-31H,1-7H2,(H,23,24,25)/t11-/m0/s1. The van der Waals surface area contributed by atoms with Gasteiger partial charge in [-0.15, -0.1) is 16.4 Å². The minimum atomic E-state index is -2.52. The Hall–Kier alpha value is -2.09. The lowest BCUT2D eigenvalue weighted by Gasteiger charge is -2.42. The van der Waals surface area contributed by atoms with Crippen molar-refractivity contribution in [1.82, 2.24) is 24.5 Å². The first kappa shape index (κ1) is 22.4. The molecule has 0 spiro atoms. The van der Waals surface area contributed by atoms with Crippen molar-refractivity contribution in [3.05, 3.63) is 33.9 Å². The summed E-state index contributed by atoms with van der Waals surface area (Å²) in [6.07, 6.45) is 3.73. The molecule has 3 N–H and O–H groups in total. The summed E-state index contributed by atoms with van der Waals surface area (Å²) in [4.78, 5) is 26.0. The van der Waals surface area contributed by atoms with Crippen molar-refractivity contribution in [3.63, 3.8) is 0 Å². The Morgan fingerprint density at radius 2 is 2.06 bits per heavy atom. The molecule has 1 atom stereocenters. The largest absolute Gasteiger partial charge is 0.339 e. The third-order valence-corrected chi connectivity index (χ3v) is 10.3. The van der Waals surface area contributed by atoms with Crippen molar-refractivity contribution in [2.75, 3.05) is 29.9 Å². The fourth-order valence-corrected chi connectivity index (χ4v) is 7.93. The Kier molecular flexibility index (Phi) is 5.62. The number of hydrogen-bond acceptors (Lipinski definition) is 10. The highest BCUT2D eigenvalue weighted by molar-refractivity contribution is 8.24. The highest BCUT2D eigenvalue weighted by Crippen LogP contribution is 2.43. The average molecular weight is 537 g/mol. The van der Waals surface area contributed by atoms with Gasteiger partial charge < -0.3 is 10.2 Å². The van der Waals surface area contributed by atoms with Gasteiger partial charge in [0.05, 0.1) is 32.3 Å². The monoisotopic (exact) mass is 536 g/mol. The number of thiophene rings is 1. The molecule has 4 aromatic rings. The van der Waals surface area contributed by atoms with Gasteiger partial charge in [0.15, 0.2) is 0 Å². The number of anilines is 2. The van der Waals surface area contributed by atoms with E-state index in [-0.39, 0.29) is 23.3 Å². The van der Waals surface area contributed by atoms with Gasteiger partial charge in [-0.3, -0.25) is 13.9 Å². The summed E-state index contributed by atoms with van der Waals surface area (Å²) >= 11 is 9.41. The van der Waals surface area contributed by atoms with Crippen LogP contribution < -0.4 is 5.32 Å². The number of hydrogen-bond donors (Lipinski definition) is 3. The van der Waals surface area contributed by atoms with Crippen LogP contribution in [-0.4, -0.2) is 64.1 Å². The molecule has 1 amide bonds. The first-order valence-electron chi connectivity index (χ1n) is 10.8. The van der Waals surface area contributed by atoms with Crippen molar-refractivity contribution < 1.29 is 13.9 Å². The third-order valence-electron chi connectivity index (χ3n) is 6.47. The number of carbonyl (C=O) groups excluding carboxylic acids is 1. The van der Waals surface area contributed by atoms with Crippen LogP contribution in [0, 0.1) is 5.92 Å². The smallest absolute Gasteiger partial charge is 0.226 e. The molecule has 1 fully saturated rings. The predicted molar refractivity (Wildman–Crippen MR) is 138 cm³/mol. The maximum atomic E-state index is 13.1. The molecule has 6 rings (SSSR count). The van der Waals surface area contributed by atoms with Gasteiger partial charge in [0.1, 0.15) is 22.5 Å². The average Bonchev–Trinajstić information content (AvgIpc) is 3.42. The van der Waals surface area contributed by atoms with Crippen molar-refractivity contribution >= 4 is 82.9 Å². The second kappa shape index (κ2) is 8.54. The summed E-state index contributed by atoms with van der Waals surface area (Å²) in [5.41, 5.74) is 2.69. The van der Waals surface area contributed by atoms with Gasteiger partial charge >= 0.3 is 0 Å². The SMILES string of the molecule is O=C([C@H]1CCc2c(sc3ncnc(Nc4cc5snnc5cc4Cl)c23)C1)N1CCS(O)(O)CC1. The highest BCUT2D eigenvalue weighted by Gasteiger charge is 2.34. The van der Waals surface area contributed by atoms with Gasteiger partial charge in [-0.2, -0.15) is 10.6 Å². The summed E-state index contributed by atoms with van der Waals surface area (Å²) in [5.74, 6) is 1.26. The van der Waals surface area contributed by atoms with E-state index in [1.807, 2.05) is 6.07 Å². The molecule has 1 aromatic carbocycles. The Morgan fingerprint density at radius 3 is 2.88 bits per heavy atom. The number of nitrogens with one attached hydrogen (secondary N) is 1. The van der Waals surface area contributed by atoms with Gasteiger partial charge in [-0.1, -0.05) is 16.1 Å². The normalized spacial score (nSPS) is 20.9. The summed E-state index contributed by atoms with van der Waals surface area (Å²) in [7, 11) is -2.52. The first-order chi connectivity index (χ1) is 16.4. The number of benzene rings is 1. The molecule has 1 aliphatic carbocycles. The van der Waals surface area contributed by atoms with Crippen LogP contribution in [0.25, 0.3) is 20.4 Å². The van der Waals surface area contributed by atoms with E-state index in [1.54, 1.807) is 28.6 Å². The number of aromatic nitrogens is 4. The molecule has 0 bridgehead atoms. The zero-order chi connectivity index (χ0) is 23.4. The van der Waals surface area contributed by atoms with Crippen molar-refractivity contribution in [2.24, 2.45) is 5.92 Å². The lowest BCUT2D eigenvalue weighted by molar-refractivity contribution is -0.135. The molecule has 2 aliphatic rings. The fraction of sp³-hybridized carbons (Fsp3) is 0.381. The van der Waals surface area contributed by atoms with E-state index in [9.17, 15) is 13.9 Å². The molecule has 4 heterocycles. The topological polar surface area (TPSA) is 124 Å². The van der Waals surface area contributed by atoms with Crippen LogP contribution in [-0.2, 0) is 17.6 Å². The number of nitrogens with zero attached hydrogens (tertiary/aromatic N) is 5. The van der Waals surface area contributed by atoms with Gasteiger partial charge in [-0.25, -0.2) is 9.97 Å². The van der Waals surface area contributed by atoms with Crippen LogP contribution in [0.1, 0.15) is 16.9 Å². The Morgan fingerprint density at radius 1 is 1.24 bits per heavy atom. The molecule has 178 valence electrons. The summed E-state index contributed by atoms with van der Waals surface area (Å²) in [5, 5.41) is 8.97. The van der Waals surface area contributed by atoms with E-state index in [0.717, 1.165) is 43.8 Å². The zero-order valence-electron chi connectivity index (χ0n) is 17.9. The van der Waals surface area contributed by atoms with Crippen LogP contribution in [0.15, 0.2) is 18.5 Å². The van der Waals surface area contributed by atoms with E-state index < -0.39 is 10.6 Å². The second-order valence-electron chi connectivity index (χ2n) is 8.58. The molecule has 9 nitrogen and oxygen atoms in total. The summed E-state index contributed by atoms with van der Waals surface area (Å²) in [6, 6.07) is 3.72. The quantitative estimate of drug-likeness (QED) is 0.341. The van der Waals surface area contributed by atoms with Crippen molar-refractivity contribution in [1.29, 1.82) is 0 Å². The van der Waals surface area contributed by atoms with Crippen LogP contribution in [0.4, 0.5) is 11.5 Å². The lowest BCUT2D eigenvalue weighted by atomic mass is 9.87. The molecule has 34 heavy (non-hydrogen) atoms. The Labute approximate surface area is 209 Å².